The lowest BCUT2D eigenvalue weighted by molar-refractivity contribution is 0.605. The number of hydrazine groups is 1. The summed E-state index contributed by atoms with van der Waals surface area (Å²) in [4.78, 5) is 0. The number of thiophene rings is 1. The van der Waals surface area contributed by atoms with E-state index in [0.29, 0.717) is 10.6 Å². The number of hydrogen-bond acceptors (Lipinski definition) is 3. The van der Waals surface area contributed by atoms with Gasteiger partial charge in [0.15, 0.2) is 0 Å². The van der Waals surface area contributed by atoms with E-state index in [1.807, 2.05) is 17.7 Å². The van der Waals surface area contributed by atoms with E-state index in [-0.39, 0.29) is 11.9 Å². The second kappa shape index (κ2) is 5.14. The third-order valence-electron chi connectivity index (χ3n) is 2.64. The number of rotatable bonds is 3. The van der Waals surface area contributed by atoms with Crippen LogP contribution in [0.1, 0.15) is 22.7 Å². The zero-order valence-corrected chi connectivity index (χ0v) is 10.8. The summed E-state index contributed by atoms with van der Waals surface area (Å²) in [5.74, 6) is 5.24. The third-order valence-corrected chi connectivity index (χ3v) is 3.87. The summed E-state index contributed by atoms with van der Waals surface area (Å²) in [6.45, 7) is 1.99. The van der Waals surface area contributed by atoms with E-state index in [1.54, 1.807) is 11.3 Å². The highest BCUT2D eigenvalue weighted by Crippen LogP contribution is 2.31. The topological polar surface area (TPSA) is 38.0 Å². The lowest BCUT2D eigenvalue weighted by Gasteiger charge is -2.18. The molecule has 1 aromatic carbocycles. The molecule has 17 heavy (non-hydrogen) atoms. The van der Waals surface area contributed by atoms with Gasteiger partial charge >= 0.3 is 0 Å². The molecule has 1 aromatic heterocycles. The van der Waals surface area contributed by atoms with Crippen LogP contribution in [-0.4, -0.2) is 0 Å². The summed E-state index contributed by atoms with van der Waals surface area (Å²) in [6.07, 6.45) is 0. The van der Waals surface area contributed by atoms with Crippen LogP contribution in [0.15, 0.2) is 29.0 Å². The number of hydrogen-bond donors (Lipinski definition) is 2. The first-order valence-corrected chi connectivity index (χ1v) is 6.39. The van der Waals surface area contributed by atoms with E-state index in [2.05, 4.69) is 5.43 Å². The van der Waals surface area contributed by atoms with Crippen molar-refractivity contribution in [2.75, 3.05) is 0 Å². The molecule has 0 spiro atoms. The van der Waals surface area contributed by atoms with Crippen LogP contribution < -0.4 is 11.3 Å². The predicted octanol–water partition coefficient (Wildman–Crippen LogP) is 3.40. The average molecular weight is 271 g/mol. The van der Waals surface area contributed by atoms with E-state index >= 15 is 0 Å². The van der Waals surface area contributed by atoms with Crippen LogP contribution in [0.4, 0.5) is 4.39 Å². The van der Waals surface area contributed by atoms with Gasteiger partial charge in [0.2, 0.25) is 0 Å². The highest BCUT2D eigenvalue weighted by Gasteiger charge is 2.18. The number of halogens is 2. The lowest BCUT2D eigenvalue weighted by atomic mass is 9.99. The van der Waals surface area contributed by atoms with Crippen molar-refractivity contribution in [2.24, 2.45) is 5.84 Å². The number of aryl methyl sites for hydroxylation is 1. The van der Waals surface area contributed by atoms with Crippen LogP contribution in [0.2, 0.25) is 5.02 Å². The molecule has 5 heteroatoms. The van der Waals surface area contributed by atoms with Crippen LogP contribution >= 0.6 is 22.9 Å². The maximum atomic E-state index is 13.3. The Labute approximate surface area is 108 Å². The standard InChI is InChI=1S/C12H12ClFN2S/c1-7-5-17-6-10(7)12(16-15)9-4-8(14)2-3-11(9)13/h2-6,12,16H,15H2,1H3. The van der Waals surface area contributed by atoms with Gasteiger partial charge in [-0.05, 0) is 52.6 Å². The number of benzene rings is 1. The molecule has 1 unspecified atom stereocenters. The molecule has 1 heterocycles. The van der Waals surface area contributed by atoms with E-state index in [4.69, 9.17) is 17.4 Å². The smallest absolute Gasteiger partial charge is 0.123 e. The maximum absolute atomic E-state index is 13.3. The third kappa shape index (κ3) is 2.50. The van der Waals surface area contributed by atoms with Gasteiger partial charge in [0, 0.05) is 5.02 Å². The Bertz CT molecular complexity index is 527. The predicted molar refractivity (Wildman–Crippen MR) is 69.6 cm³/mol. The van der Waals surface area contributed by atoms with Gasteiger partial charge in [0.25, 0.3) is 0 Å². The SMILES string of the molecule is Cc1cscc1C(NN)c1cc(F)ccc1Cl. The first-order chi connectivity index (χ1) is 8.13. The second-order valence-corrected chi connectivity index (χ2v) is 4.93. The van der Waals surface area contributed by atoms with Gasteiger partial charge < -0.3 is 0 Å². The molecule has 0 radical (unpaired) electrons. The van der Waals surface area contributed by atoms with Crippen molar-refractivity contribution >= 4 is 22.9 Å². The van der Waals surface area contributed by atoms with Gasteiger partial charge in [0.1, 0.15) is 5.82 Å². The monoisotopic (exact) mass is 270 g/mol. The molecule has 2 nitrogen and oxygen atoms in total. The van der Waals surface area contributed by atoms with Gasteiger partial charge in [-0.2, -0.15) is 11.3 Å². The van der Waals surface area contributed by atoms with Gasteiger partial charge in [-0.1, -0.05) is 11.6 Å². The quantitative estimate of drug-likeness (QED) is 0.663. The minimum Gasteiger partial charge on any atom is -0.271 e. The molecule has 0 aliphatic rings. The van der Waals surface area contributed by atoms with E-state index in [1.165, 1.54) is 18.2 Å². The van der Waals surface area contributed by atoms with Crippen molar-refractivity contribution in [2.45, 2.75) is 13.0 Å². The van der Waals surface area contributed by atoms with Crippen molar-refractivity contribution in [3.8, 4) is 0 Å². The van der Waals surface area contributed by atoms with E-state index in [0.717, 1.165) is 11.1 Å². The fourth-order valence-corrected chi connectivity index (χ4v) is 2.85. The van der Waals surface area contributed by atoms with Gasteiger partial charge in [-0.3, -0.25) is 5.84 Å². The Kier molecular flexibility index (Phi) is 3.79. The molecule has 0 saturated heterocycles. The van der Waals surface area contributed by atoms with Crippen LogP contribution in [0.3, 0.4) is 0 Å². The maximum Gasteiger partial charge on any atom is 0.123 e. The normalized spacial score (nSPS) is 12.7. The van der Waals surface area contributed by atoms with Crippen molar-refractivity contribution in [3.05, 3.63) is 56.5 Å². The van der Waals surface area contributed by atoms with Gasteiger partial charge in [0.05, 0.1) is 6.04 Å². The Morgan fingerprint density at radius 2 is 2.12 bits per heavy atom. The molecule has 0 saturated carbocycles. The Morgan fingerprint density at radius 3 is 2.71 bits per heavy atom. The highest BCUT2D eigenvalue weighted by atomic mass is 35.5. The molecule has 2 rings (SSSR count). The van der Waals surface area contributed by atoms with Crippen LogP contribution in [0, 0.1) is 12.7 Å². The minimum absolute atomic E-state index is 0.288. The Hall–Kier alpha value is -0.940. The lowest BCUT2D eigenvalue weighted by Crippen LogP contribution is -2.29. The van der Waals surface area contributed by atoms with Crippen molar-refractivity contribution in [1.82, 2.24) is 5.43 Å². The summed E-state index contributed by atoms with van der Waals surface area (Å²) >= 11 is 7.66. The zero-order valence-electron chi connectivity index (χ0n) is 9.21. The minimum atomic E-state index is -0.322. The average Bonchev–Trinajstić information content (AvgIpc) is 2.71. The molecule has 0 bridgehead atoms. The second-order valence-electron chi connectivity index (χ2n) is 3.78. The van der Waals surface area contributed by atoms with Crippen molar-refractivity contribution in [3.63, 3.8) is 0 Å². The van der Waals surface area contributed by atoms with Crippen LogP contribution in [0.5, 0.6) is 0 Å². The fraction of sp³-hybridized carbons (Fsp3) is 0.167. The van der Waals surface area contributed by atoms with Crippen LogP contribution in [0.25, 0.3) is 0 Å². The summed E-state index contributed by atoms with van der Waals surface area (Å²) < 4.78 is 13.3. The molecular formula is C12H12ClFN2S. The highest BCUT2D eigenvalue weighted by molar-refractivity contribution is 7.08. The first kappa shape index (κ1) is 12.5. The molecule has 90 valence electrons. The van der Waals surface area contributed by atoms with E-state index < -0.39 is 0 Å². The fourth-order valence-electron chi connectivity index (χ4n) is 1.75. The molecule has 3 N–H and O–H groups in total. The van der Waals surface area contributed by atoms with E-state index in [9.17, 15) is 4.39 Å². The largest absolute Gasteiger partial charge is 0.271 e. The molecular weight excluding hydrogens is 259 g/mol. The molecule has 1 atom stereocenters. The zero-order chi connectivity index (χ0) is 12.4. The first-order valence-electron chi connectivity index (χ1n) is 5.07. The number of nitrogens with two attached hydrogens (primary N) is 1. The molecule has 2 aromatic rings. The van der Waals surface area contributed by atoms with Gasteiger partial charge in [-0.15, -0.1) is 0 Å². The molecule has 0 aliphatic carbocycles. The summed E-state index contributed by atoms with van der Waals surface area (Å²) in [7, 11) is 0. The molecule has 0 aliphatic heterocycles. The van der Waals surface area contributed by atoms with Crippen LogP contribution in [-0.2, 0) is 0 Å². The molecule has 0 fully saturated rings. The van der Waals surface area contributed by atoms with Crippen molar-refractivity contribution in [1.29, 1.82) is 0 Å². The van der Waals surface area contributed by atoms with Gasteiger partial charge in [-0.25, -0.2) is 9.82 Å². The molecule has 0 amide bonds. The summed E-state index contributed by atoms with van der Waals surface area (Å²) in [5, 5.41) is 4.51. The Morgan fingerprint density at radius 1 is 1.35 bits per heavy atom. The summed E-state index contributed by atoms with van der Waals surface area (Å²) in [5.41, 5.74) is 5.46. The van der Waals surface area contributed by atoms with Crippen molar-refractivity contribution < 1.29 is 4.39 Å². The Balaban J connectivity index is 2.49. The number of nitrogens with one attached hydrogen (secondary N) is 1. The summed E-state index contributed by atoms with van der Waals surface area (Å²) in [6, 6.07) is 3.99.